The predicted molar refractivity (Wildman–Crippen MR) is 80.1 cm³/mol. The van der Waals surface area contributed by atoms with Crippen molar-refractivity contribution < 1.29 is 8.42 Å². The molecule has 3 N–H and O–H groups in total. The molecular weight excluding hydrogens is 327 g/mol. The van der Waals surface area contributed by atoms with E-state index in [1.54, 1.807) is 0 Å². The molecule has 2 rings (SSSR count). The summed E-state index contributed by atoms with van der Waals surface area (Å²) in [5.74, 6) is 0.172. The zero-order valence-electron chi connectivity index (χ0n) is 9.77. The van der Waals surface area contributed by atoms with Gasteiger partial charge in [-0.15, -0.1) is 0 Å². The lowest BCUT2D eigenvalue weighted by atomic mass is 10.2. The number of rotatable bonds is 5. The summed E-state index contributed by atoms with van der Waals surface area (Å²) in [6.45, 7) is 0. The van der Waals surface area contributed by atoms with Crippen molar-refractivity contribution in [3.63, 3.8) is 0 Å². The fraction of sp³-hybridized carbons (Fsp3) is 0.364. The molecule has 104 valence electrons. The molecule has 1 aromatic carbocycles. The van der Waals surface area contributed by atoms with Gasteiger partial charge in [0.2, 0.25) is 10.0 Å². The van der Waals surface area contributed by atoms with Crippen LogP contribution in [0.15, 0.2) is 23.1 Å². The molecule has 0 heterocycles. The van der Waals surface area contributed by atoms with Crippen LogP contribution in [0.5, 0.6) is 0 Å². The van der Waals surface area contributed by atoms with E-state index in [1.807, 2.05) is 0 Å². The van der Waals surface area contributed by atoms with Crippen molar-refractivity contribution in [1.29, 1.82) is 0 Å². The molecule has 1 unspecified atom stereocenters. The van der Waals surface area contributed by atoms with Gasteiger partial charge in [0.05, 0.1) is 16.1 Å². The molecule has 1 aliphatic rings. The van der Waals surface area contributed by atoms with Crippen molar-refractivity contribution in [1.82, 2.24) is 4.72 Å². The third-order valence-electron chi connectivity index (χ3n) is 2.86. The topological polar surface area (TPSA) is 72.2 Å². The molecule has 8 heteroatoms. The number of benzene rings is 1. The van der Waals surface area contributed by atoms with Crippen molar-refractivity contribution in [2.24, 2.45) is 11.7 Å². The average Bonchev–Trinajstić information content (AvgIpc) is 3.13. The molecule has 0 amide bonds. The predicted octanol–water partition coefficient (Wildman–Crippen LogP) is 2.34. The normalized spacial score (nSPS) is 17.2. The number of hydrogen-bond donors (Lipinski definition) is 2. The first-order chi connectivity index (χ1) is 8.81. The summed E-state index contributed by atoms with van der Waals surface area (Å²) in [5.41, 5.74) is 5.58. The van der Waals surface area contributed by atoms with Crippen LogP contribution in [0.1, 0.15) is 12.8 Å². The molecule has 4 nitrogen and oxygen atoms in total. The number of nitrogens with two attached hydrogens (primary N) is 1. The Labute approximate surface area is 127 Å². The van der Waals surface area contributed by atoms with Gasteiger partial charge in [0.1, 0.15) is 4.90 Å². The molecule has 1 aromatic rings. The minimum Gasteiger partial charge on any atom is -0.392 e. The molecule has 1 atom stereocenters. The van der Waals surface area contributed by atoms with Crippen molar-refractivity contribution in [3.05, 3.63) is 28.2 Å². The van der Waals surface area contributed by atoms with Gasteiger partial charge in [0.25, 0.3) is 0 Å². The Morgan fingerprint density at radius 2 is 2.05 bits per heavy atom. The van der Waals surface area contributed by atoms with E-state index in [0.717, 1.165) is 12.8 Å². The van der Waals surface area contributed by atoms with Crippen molar-refractivity contribution in [3.8, 4) is 0 Å². The highest BCUT2D eigenvalue weighted by atomic mass is 35.5. The SMILES string of the molecule is NC(=S)C(NS(=O)(=O)c1cc(Cl)ccc1Cl)C1CC1. The molecule has 1 aliphatic carbocycles. The van der Waals surface area contributed by atoms with E-state index in [0.29, 0.717) is 5.02 Å². The number of thiocarbonyl (C=S) groups is 1. The number of halogens is 2. The van der Waals surface area contributed by atoms with Crippen molar-refractivity contribution in [2.75, 3.05) is 0 Å². The first-order valence-corrected chi connectivity index (χ1v) is 8.22. The van der Waals surface area contributed by atoms with Crippen LogP contribution >= 0.6 is 35.4 Å². The summed E-state index contributed by atoms with van der Waals surface area (Å²) in [4.78, 5) is 0.0767. The van der Waals surface area contributed by atoms with Crippen LogP contribution in [0.25, 0.3) is 0 Å². The number of nitrogens with one attached hydrogen (secondary N) is 1. The van der Waals surface area contributed by atoms with Crippen LogP contribution in [0.4, 0.5) is 0 Å². The summed E-state index contributed by atoms with van der Waals surface area (Å²) in [6.07, 6.45) is 1.82. The highest BCUT2D eigenvalue weighted by Crippen LogP contribution is 2.34. The molecule has 0 radical (unpaired) electrons. The van der Waals surface area contributed by atoms with Crippen LogP contribution in [0.2, 0.25) is 10.0 Å². The first-order valence-electron chi connectivity index (χ1n) is 5.58. The lowest BCUT2D eigenvalue weighted by Crippen LogP contribution is -2.44. The number of sulfonamides is 1. The Bertz CT molecular complexity index is 615. The van der Waals surface area contributed by atoms with Crippen LogP contribution < -0.4 is 10.5 Å². The van der Waals surface area contributed by atoms with Gasteiger partial charge in [0.15, 0.2) is 0 Å². The fourth-order valence-electron chi connectivity index (χ4n) is 1.73. The highest BCUT2D eigenvalue weighted by molar-refractivity contribution is 7.89. The minimum absolute atomic E-state index is 0.0661. The van der Waals surface area contributed by atoms with Gasteiger partial charge in [-0.1, -0.05) is 35.4 Å². The maximum absolute atomic E-state index is 12.3. The summed E-state index contributed by atoms with van der Waals surface area (Å²) in [5, 5.41) is 0.400. The van der Waals surface area contributed by atoms with E-state index in [-0.39, 0.29) is 20.8 Å². The molecule has 1 fully saturated rings. The van der Waals surface area contributed by atoms with E-state index in [2.05, 4.69) is 4.72 Å². The van der Waals surface area contributed by atoms with Crippen molar-refractivity contribution in [2.45, 2.75) is 23.8 Å². The van der Waals surface area contributed by atoms with E-state index >= 15 is 0 Å². The van der Waals surface area contributed by atoms with Gasteiger partial charge in [0, 0.05) is 5.02 Å². The Balaban J connectivity index is 2.31. The van der Waals surface area contributed by atoms with Gasteiger partial charge in [-0.3, -0.25) is 0 Å². The summed E-state index contributed by atoms with van der Waals surface area (Å²) >= 11 is 16.6. The van der Waals surface area contributed by atoms with Gasteiger partial charge in [-0.2, -0.15) is 0 Å². The highest BCUT2D eigenvalue weighted by Gasteiger charge is 2.36. The molecule has 1 saturated carbocycles. The average molecular weight is 339 g/mol. The standard InChI is InChI=1S/C11H12Cl2N2O2S2/c12-7-3-4-8(13)9(5-7)19(16,17)15-10(11(14)18)6-1-2-6/h3-6,10,15H,1-2H2,(H2,14,18). The van der Waals surface area contributed by atoms with E-state index in [9.17, 15) is 8.42 Å². The van der Waals surface area contributed by atoms with E-state index < -0.39 is 16.1 Å². The van der Waals surface area contributed by atoms with E-state index in [1.165, 1.54) is 18.2 Å². The molecule has 0 aliphatic heterocycles. The zero-order valence-corrected chi connectivity index (χ0v) is 12.9. The zero-order chi connectivity index (χ0) is 14.2. The third-order valence-corrected chi connectivity index (χ3v) is 5.28. The van der Waals surface area contributed by atoms with Crippen LogP contribution in [-0.4, -0.2) is 19.4 Å². The maximum Gasteiger partial charge on any atom is 0.242 e. The molecule has 0 spiro atoms. The largest absolute Gasteiger partial charge is 0.392 e. The van der Waals surface area contributed by atoms with Gasteiger partial charge in [-0.25, -0.2) is 13.1 Å². The van der Waals surface area contributed by atoms with Crippen LogP contribution in [0.3, 0.4) is 0 Å². The Morgan fingerprint density at radius 1 is 1.42 bits per heavy atom. The smallest absolute Gasteiger partial charge is 0.242 e. The lowest BCUT2D eigenvalue weighted by molar-refractivity contribution is 0.565. The second-order valence-corrected chi connectivity index (χ2v) is 7.41. The maximum atomic E-state index is 12.3. The van der Waals surface area contributed by atoms with Crippen molar-refractivity contribution >= 4 is 50.4 Å². The molecule has 0 saturated heterocycles. The minimum atomic E-state index is -3.80. The second-order valence-electron chi connectivity index (χ2n) is 4.41. The fourth-order valence-corrected chi connectivity index (χ4v) is 4.10. The summed E-state index contributed by atoms with van der Waals surface area (Å²) in [7, 11) is -3.80. The molecule has 0 aromatic heterocycles. The summed E-state index contributed by atoms with van der Waals surface area (Å²) < 4.78 is 27.1. The monoisotopic (exact) mass is 338 g/mol. The molecule has 0 bridgehead atoms. The Kier molecular flexibility index (Phi) is 4.37. The molecule has 19 heavy (non-hydrogen) atoms. The van der Waals surface area contributed by atoms with Gasteiger partial charge in [-0.05, 0) is 37.0 Å². The summed E-state index contributed by atoms with van der Waals surface area (Å²) in [6, 6.07) is 3.73. The third kappa shape index (κ3) is 3.58. The number of hydrogen-bond acceptors (Lipinski definition) is 3. The molecular formula is C11H12Cl2N2O2S2. The quantitative estimate of drug-likeness (QED) is 0.808. The Hall–Kier alpha value is -0.400. The first kappa shape index (κ1) is 15.0. The second kappa shape index (κ2) is 5.54. The van der Waals surface area contributed by atoms with Crippen LogP contribution in [-0.2, 0) is 10.0 Å². The van der Waals surface area contributed by atoms with Gasteiger partial charge >= 0.3 is 0 Å². The van der Waals surface area contributed by atoms with E-state index in [4.69, 9.17) is 41.2 Å². The van der Waals surface area contributed by atoms with Crippen LogP contribution in [0, 0.1) is 5.92 Å². The lowest BCUT2D eigenvalue weighted by Gasteiger charge is -2.17. The Morgan fingerprint density at radius 3 is 2.58 bits per heavy atom. The van der Waals surface area contributed by atoms with Gasteiger partial charge < -0.3 is 5.73 Å².